The lowest BCUT2D eigenvalue weighted by atomic mass is 9.33. The molecule has 1 saturated carbocycles. The molecule has 2 unspecified atom stereocenters. The maximum Gasteiger partial charge on any atom is 0.252 e. The van der Waals surface area contributed by atoms with Gasteiger partial charge in [-0.2, -0.15) is 0 Å². The summed E-state index contributed by atoms with van der Waals surface area (Å²) >= 11 is 0. The van der Waals surface area contributed by atoms with Gasteiger partial charge in [0.1, 0.15) is 0 Å². The first kappa shape index (κ1) is 37.3. The Bertz CT molecular complexity index is 2550. The third-order valence-corrected chi connectivity index (χ3v) is 14.8. The second kappa shape index (κ2) is 12.7. The number of benzene rings is 6. The number of hydrogen-bond donors (Lipinski definition) is 0. The third-order valence-electron chi connectivity index (χ3n) is 14.8. The van der Waals surface area contributed by atoms with Crippen LogP contribution in [0, 0.1) is 0 Å². The maximum absolute atomic E-state index is 2.90. The molecule has 3 aliphatic heterocycles. The fraction of sp³-hybridized carbons (Fsp3) is 0.345. The zero-order chi connectivity index (χ0) is 40.5. The summed E-state index contributed by atoms with van der Waals surface area (Å²) in [6.07, 6.45) is 4.98. The van der Waals surface area contributed by atoms with Gasteiger partial charge in [-0.3, -0.25) is 0 Å². The number of anilines is 5. The van der Waals surface area contributed by atoms with Crippen molar-refractivity contribution in [1.82, 2.24) is 0 Å². The lowest BCUT2D eigenvalue weighted by Gasteiger charge is -2.53. The summed E-state index contributed by atoms with van der Waals surface area (Å²) in [5.74, 6) is 0.374. The van der Waals surface area contributed by atoms with Crippen molar-refractivity contribution in [2.75, 3.05) is 9.80 Å². The van der Waals surface area contributed by atoms with Crippen LogP contribution in [0.3, 0.4) is 0 Å². The molecular weight excluding hydrogens is 699 g/mol. The molecule has 4 aliphatic rings. The molecule has 3 heterocycles. The van der Waals surface area contributed by atoms with Gasteiger partial charge in [-0.25, -0.2) is 0 Å². The average molecular weight is 759 g/mol. The van der Waals surface area contributed by atoms with Crippen molar-refractivity contribution < 1.29 is 0 Å². The zero-order valence-corrected chi connectivity index (χ0v) is 36.4. The van der Waals surface area contributed by atoms with Crippen molar-refractivity contribution in [2.45, 2.75) is 123 Å². The van der Waals surface area contributed by atoms with E-state index in [9.17, 15) is 0 Å². The highest BCUT2D eigenvalue weighted by Gasteiger charge is 2.61. The molecule has 0 aromatic heterocycles. The van der Waals surface area contributed by atoms with Crippen molar-refractivity contribution >= 4 is 51.5 Å². The first-order valence-electron chi connectivity index (χ1n) is 22.0. The fourth-order valence-corrected chi connectivity index (χ4v) is 11.2. The minimum absolute atomic E-state index is 0.00394. The minimum Gasteiger partial charge on any atom is -0.335 e. The molecular formula is C55H59BN2. The SMILES string of the molecule is CC(C)c1cc2c3c(c1)N1c4c(cc(C(C)(C)C)cc4C4(C)CCCCC14C)B3c1cc(C(C)(C)C)ccc1N2c1cc(-c2ccccc2)cc(-c2ccccc2)c1. The van der Waals surface area contributed by atoms with Crippen LogP contribution in [-0.4, -0.2) is 12.3 Å². The van der Waals surface area contributed by atoms with Gasteiger partial charge in [0.05, 0.1) is 5.54 Å². The molecule has 3 heteroatoms. The molecule has 292 valence electrons. The van der Waals surface area contributed by atoms with Crippen molar-refractivity contribution in [3.63, 3.8) is 0 Å². The van der Waals surface area contributed by atoms with E-state index < -0.39 is 0 Å². The van der Waals surface area contributed by atoms with Gasteiger partial charge in [0.15, 0.2) is 0 Å². The Hall–Kier alpha value is -5.02. The van der Waals surface area contributed by atoms with Crippen LogP contribution in [0.2, 0.25) is 0 Å². The highest BCUT2D eigenvalue weighted by atomic mass is 15.3. The monoisotopic (exact) mass is 758 g/mol. The molecule has 0 amide bonds. The summed E-state index contributed by atoms with van der Waals surface area (Å²) in [6.45, 7) is 24.4. The summed E-state index contributed by atoms with van der Waals surface area (Å²) in [5.41, 5.74) is 21.9. The molecule has 6 aromatic carbocycles. The van der Waals surface area contributed by atoms with Crippen LogP contribution in [0.15, 0.2) is 121 Å². The molecule has 2 atom stereocenters. The molecule has 0 N–H and O–H groups in total. The standard InChI is InChI=1S/C55H59BN2/c1-35(2)38-30-48-50-49(31-38)58-51-44(54(9)25-17-18-26-55(54,58)10)32-42(53(6,7)8)34-46(51)56(50)45-33-41(52(3,4)5)23-24-47(45)57(48)43-28-39(36-19-13-11-14-20-36)27-40(29-43)37-21-15-12-16-22-37/h11-16,19-24,27-35H,17-18,25-26H2,1-10H3. The Morgan fingerprint density at radius 1 is 0.569 bits per heavy atom. The Morgan fingerprint density at radius 2 is 1.16 bits per heavy atom. The molecule has 0 saturated heterocycles. The molecule has 0 bridgehead atoms. The lowest BCUT2D eigenvalue weighted by Crippen LogP contribution is -2.64. The summed E-state index contributed by atoms with van der Waals surface area (Å²) in [5, 5.41) is 0. The summed E-state index contributed by atoms with van der Waals surface area (Å²) < 4.78 is 0. The maximum atomic E-state index is 2.90. The molecule has 0 spiro atoms. The van der Waals surface area contributed by atoms with Gasteiger partial charge >= 0.3 is 0 Å². The highest BCUT2D eigenvalue weighted by molar-refractivity contribution is 7.00. The first-order valence-corrected chi connectivity index (χ1v) is 22.0. The quantitative estimate of drug-likeness (QED) is 0.165. The zero-order valence-electron chi connectivity index (χ0n) is 36.4. The van der Waals surface area contributed by atoms with Gasteiger partial charge in [0.25, 0.3) is 6.71 Å². The number of rotatable bonds is 4. The van der Waals surface area contributed by atoms with E-state index in [0.717, 1.165) is 0 Å². The second-order valence-electron chi connectivity index (χ2n) is 20.8. The van der Waals surface area contributed by atoms with E-state index >= 15 is 0 Å². The van der Waals surface area contributed by atoms with E-state index in [1.807, 2.05) is 0 Å². The Balaban J connectivity index is 1.34. The number of hydrogen-bond acceptors (Lipinski definition) is 2. The number of nitrogens with zero attached hydrogens (tertiary/aromatic N) is 2. The average Bonchev–Trinajstić information content (AvgIpc) is 3.42. The second-order valence-corrected chi connectivity index (χ2v) is 20.8. The van der Waals surface area contributed by atoms with Gasteiger partial charge < -0.3 is 9.80 Å². The topological polar surface area (TPSA) is 6.48 Å². The largest absolute Gasteiger partial charge is 0.335 e. The van der Waals surface area contributed by atoms with E-state index in [1.165, 1.54) is 109 Å². The lowest BCUT2D eigenvalue weighted by molar-refractivity contribution is 0.195. The molecule has 1 fully saturated rings. The van der Waals surface area contributed by atoms with Crippen molar-refractivity contribution in [2.24, 2.45) is 0 Å². The fourth-order valence-electron chi connectivity index (χ4n) is 11.2. The van der Waals surface area contributed by atoms with E-state index in [2.05, 4.69) is 200 Å². The van der Waals surface area contributed by atoms with E-state index in [-0.39, 0.29) is 28.5 Å². The smallest absolute Gasteiger partial charge is 0.252 e. The van der Waals surface area contributed by atoms with Crippen molar-refractivity contribution in [3.05, 3.63) is 144 Å². The predicted octanol–water partition coefficient (Wildman–Crippen LogP) is 13.1. The highest BCUT2D eigenvalue weighted by Crippen LogP contribution is 2.62. The molecule has 1 aliphatic carbocycles. The van der Waals surface area contributed by atoms with E-state index in [0.29, 0.717) is 5.92 Å². The van der Waals surface area contributed by atoms with Crippen molar-refractivity contribution in [3.8, 4) is 22.3 Å². The van der Waals surface area contributed by atoms with Crippen LogP contribution in [0.1, 0.15) is 123 Å². The third kappa shape index (κ3) is 5.37. The van der Waals surface area contributed by atoms with Crippen LogP contribution in [0.4, 0.5) is 28.4 Å². The molecule has 58 heavy (non-hydrogen) atoms. The van der Waals surface area contributed by atoms with E-state index in [4.69, 9.17) is 0 Å². The van der Waals surface area contributed by atoms with Crippen LogP contribution in [0.25, 0.3) is 22.3 Å². The van der Waals surface area contributed by atoms with Gasteiger partial charge in [-0.15, -0.1) is 0 Å². The minimum atomic E-state index is -0.0285. The molecule has 10 rings (SSSR count). The van der Waals surface area contributed by atoms with Crippen molar-refractivity contribution in [1.29, 1.82) is 0 Å². The normalized spacial score (nSPS) is 20.5. The predicted molar refractivity (Wildman–Crippen MR) is 251 cm³/mol. The van der Waals surface area contributed by atoms with Crippen LogP contribution < -0.4 is 26.2 Å². The Labute approximate surface area is 348 Å². The van der Waals surface area contributed by atoms with Crippen LogP contribution in [-0.2, 0) is 16.2 Å². The summed E-state index contributed by atoms with van der Waals surface area (Å²) in [7, 11) is 0. The molecule has 2 nitrogen and oxygen atoms in total. The molecule has 6 aromatic rings. The van der Waals surface area contributed by atoms with Gasteiger partial charge in [-0.1, -0.05) is 160 Å². The van der Waals surface area contributed by atoms with Crippen LogP contribution >= 0.6 is 0 Å². The van der Waals surface area contributed by atoms with Gasteiger partial charge in [0.2, 0.25) is 0 Å². The Morgan fingerprint density at radius 3 is 1.76 bits per heavy atom. The Kier molecular flexibility index (Phi) is 8.19. The first-order chi connectivity index (χ1) is 27.6. The summed E-state index contributed by atoms with van der Waals surface area (Å²) in [4.78, 5) is 5.55. The van der Waals surface area contributed by atoms with Crippen LogP contribution in [0.5, 0.6) is 0 Å². The molecule has 0 radical (unpaired) electrons. The summed E-state index contributed by atoms with van der Waals surface area (Å²) in [6, 6.07) is 47.1. The van der Waals surface area contributed by atoms with Gasteiger partial charge in [0, 0.05) is 33.9 Å². The van der Waals surface area contributed by atoms with E-state index in [1.54, 1.807) is 5.56 Å². The van der Waals surface area contributed by atoms with Gasteiger partial charge in [-0.05, 0) is 134 Å². The number of fused-ring (bicyclic) bond motifs is 7.